The van der Waals surface area contributed by atoms with Gasteiger partial charge < -0.3 is 10.2 Å². The maximum Gasteiger partial charge on any atom is 0.240 e. The molecule has 1 fully saturated rings. The highest BCUT2D eigenvalue weighted by Gasteiger charge is 2.36. The highest BCUT2D eigenvalue weighted by molar-refractivity contribution is 7.89. The minimum Gasteiger partial charge on any atom is -0.354 e. The molecule has 6 nitrogen and oxygen atoms in total. The van der Waals surface area contributed by atoms with E-state index in [1.54, 1.807) is 19.1 Å². The van der Waals surface area contributed by atoms with Gasteiger partial charge >= 0.3 is 0 Å². The summed E-state index contributed by atoms with van der Waals surface area (Å²) >= 11 is 0. The molecule has 1 aromatic rings. The number of likely N-dealkylation sites (N-methyl/N-ethyl adjacent to an activating group) is 1. The van der Waals surface area contributed by atoms with Crippen LogP contribution in [-0.2, 0) is 14.8 Å². The molecule has 7 heteroatoms. The molecule has 1 aliphatic rings. The monoisotopic (exact) mass is 381 g/mol. The molecule has 0 radical (unpaired) electrons. The summed E-state index contributed by atoms with van der Waals surface area (Å²) in [5.41, 5.74) is 1.76. The van der Waals surface area contributed by atoms with Crippen LogP contribution in [0.5, 0.6) is 0 Å². The van der Waals surface area contributed by atoms with Crippen molar-refractivity contribution in [1.29, 1.82) is 0 Å². The highest BCUT2D eigenvalue weighted by Crippen LogP contribution is 2.33. The van der Waals surface area contributed by atoms with Crippen LogP contribution in [0, 0.1) is 13.8 Å². The first kappa shape index (κ1) is 20.9. The van der Waals surface area contributed by atoms with Crippen LogP contribution >= 0.6 is 0 Å². The lowest BCUT2D eigenvalue weighted by Gasteiger charge is -2.36. The van der Waals surface area contributed by atoms with Crippen molar-refractivity contribution in [2.24, 2.45) is 0 Å². The Hall–Kier alpha value is -1.44. The summed E-state index contributed by atoms with van der Waals surface area (Å²) in [5.74, 6) is -0.124. The van der Waals surface area contributed by atoms with Gasteiger partial charge in [-0.05, 0) is 52.4 Å². The van der Waals surface area contributed by atoms with E-state index in [0.717, 1.165) is 18.4 Å². The van der Waals surface area contributed by atoms with Crippen LogP contribution in [0.1, 0.15) is 43.2 Å². The number of carbonyl (C=O) groups is 1. The SMILES string of the molecule is Cc1ccc(S(=O)(=O)NCCC(=O)NCC2(N(C)C)CCCC2)c(C)c1. The van der Waals surface area contributed by atoms with Crippen LogP contribution in [0.2, 0.25) is 0 Å². The largest absolute Gasteiger partial charge is 0.354 e. The van der Waals surface area contributed by atoms with Gasteiger partial charge in [-0.2, -0.15) is 0 Å². The molecule has 26 heavy (non-hydrogen) atoms. The maximum absolute atomic E-state index is 12.4. The Kier molecular flexibility index (Phi) is 6.82. The molecule has 0 aliphatic heterocycles. The Morgan fingerprint density at radius 2 is 1.85 bits per heavy atom. The van der Waals surface area contributed by atoms with E-state index in [0.29, 0.717) is 12.1 Å². The van der Waals surface area contributed by atoms with Crippen LogP contribution < -0.4 is 10.0 Å². The van der Waals surface area contributed by atoms with E-state index >= 15 is 0 Å². The molecule has 1 aliphatic carbocycles. The Balaban J connectivity index is 1.84. The van der Waals surface area contributed by atoms with Gasteiger partial charge in [0.2, 0.25) is 15.9 Å². The molecule has 0 bridgehead atoms. The second-order valence-electron chi connectivity index (χ2n) is 7.52. The van der Waals surface area contributed by atoms with Gasteiger partial charge in [-0.15, -0.1) is 0 Å². The molecule has 146 valence electrons. The molecule has 0 heterocycles. The predicted molar refractivity (Wildman–Crippen MR) is 104 cm³/mol. The standard InChI is InChI=1S/C19H31N3O3S/c1-15-7-8-17(16(2)13-15)26(24,25)21-12-9-18(23)20-14-19(22(3)4)10-5-6-11-19/h7-8,13,21H,5-6,9-12,14H2,1-4H3,(H,20,23). The van der Waals surface area contributed by atoms with E-state index in [4.69, 9.17) is 0 Å². The number of amides is 1. The number of hydrogen-bond donors (Lipinski definition) is 2. The van der Waals surface area contributed by atoms with Gasteiger partial charge in [-0.3, -0.25) is 4.79 Å². The first-order valence-corrected chi connectivity index (χ1v) is 10.7. The molecular formula is C19H31N3O3S. The first-order valence-electron chi connectivity index (χ1n) is 9.17. The molecule has 0 atom stereocenters. The Morgan fingerprint density at radius 1 is 1.19 bits per heavy atom. The molecular weight excluding hydrogens is 350 g/mol. The van der Waals surface area contributed by atoms with Gasteiger partial charge in [0, 0.05) is 25.0 Å². The van der Waals surface area contributed by atoms with Crippen molar-refractivity contribution in [3.8, 4) is 0 Å². The number of aryl methyl sites for hydroxylation is 2. The van der Waals surface area contributed by atoms with E-state index in [-0.39, 0.29) is 29.3 Å². The fourth-order valence-electron chi connectivity index (χ4n) is 3.64. The number of nitrogens with zero attached hydrogens (tertiary/aromatic N) is 1. The molecule has 0 spiro atoms. The van der Waals surface area contributed by atoms with Crippen LogP contribution in [0.4, 0.5) is 0 Å². The summed E-state index contributed by atoms with van der Waals surface area (Å²) in [4.78, 5) is 14.6. The fraction of sp³-hybridized carbons (Fsp3) is 0.632. The Bertz CT molecular complexity index is 738. The zero-order chi connectivity index (χ0) is 19.4. The lowest BCUT2D eigenvalue weighted by Crippen LogP contribution is -2.51. The molecule has 1 aromatic carbocycles. The van der Waals surface area contributed by atoms with Crippen molar-refractivity contribution >= 4 is 15.9 Å². The van der Waals surface area contributed by atoms with E-state index in [1.165, 1.54) is 12.8 Å². The number of carbonyl (C=O) groups excluding carboxylic acids is 1. The van der Waals surface area contributed by atoms with Gasteiger partial charge in [-0.25, -0.2) is 13.1 Å². The smallest absolute Gasteiger partial charge is 0.240 e. The molecule has 2 N–H and O–H groups in total. The number of rotatable bonds is 8. The average molecular weight is 382 g/mol. The normalized spacial score (nSPS) is 16.8. The van der Waals surface area contributed by atoms with Crippen LogP contribution in [0.15, 0.2) is 23.1 Å². The number of sulfonamides is 1. The van der Waals surface area contributed by atoms with Crippen molar-refractivity contribution in [2.75, 3.05) is 27.2 Å². The zero-order valence-electron chi connectivity index (χ0n) is 16.3. The van der Waals surface area contributed by atoms with Crippen molar-refractivity contribution in [1.82, 2.24) is 14.9 Å². The van der Waals surface area contributed by atoms with Gasteiger partial charge in [0.25, 0.3) is 0 Å². The molecule has 1 amide bonds. The lowest BCUT2D eigenvalue weighted by molar-refractivity contribution is -0.121. The third kappa shape index (κ3) is 5.05. The van der Waals surface area contributed by atoms with Gasteiger partial charge in [0.05, 0.1) is 4.90 Å². The second-order valence-corrected chi connectivity index (χ2v) is 9.25. The molecule has 0 saturated heterocycles. The summed E-state index contributed by atoms with van der Waals surface area (Å²) in [6, 6.07) is 5.22. The van der Waals surface area contributed by atoms with Gasteiger partial charge in [-0.1, -0.05) is 30.5 Å². The minimum atomic E-state index is -3.60. The summed E-state index contributed by atoms with van der Waals surface area (Å²) in [5, 5.41) is 2.98. The van der Waals surface area contributed by atoms with E-state index in [2.05, 4.69) is 29.0 Å². The summed E-state index contributed by atoms with van der Waals surface area (Å²) in [7, 11) is 0.504. The van der Waals surface area contributed by atoms with Crippen LogP contribution in [-0.4, -0.2) is 51.9 Å². The topological polar surface area (TPSA) is 78.5 Å². The zero-order valence-corrected chi connectivity index (χ0v) is 17.1. The second kappa shape index (κ2) is 8.50. The third-order valence-corrected chi connectivity index (χ3v) is 6.98. The van der Waals surface area contributed by atoms with Crippen molar-refractivity contribution < 1.29 is 13.2 Å². The van der Waals surface area contributed by atoms with E-state index in [1.807, 2.05) is 13.0 Å². The van der Waals surface area contributed by atoms with Gasteiger partial charge in [0.15, 0.2) is 0 Å². The summed E-state index contributed by atoms with van der Waals surface area (Å²) in [6.07, 6.45) is 4.67. The minimum absolute atomic E-state index is 0.0359. The molecule has 0 aromatic heterocycles. The third-order valence-electron chi connectivity index (χ3n) is 5.36. The Morgan fingerprint density at radius 3 is 2.42 bits per heavy atom. The van der Waals surface area contributed by atoms with E-state index < -0.39 is 10.0 Å². The van der Waals surface area contributed by atoms with Crippen molar-refractivity contribution in [3.63, 3.8) is 0 Å². The average Bonchev–Trinajstić information content (AvgIpc) is 3.02. The molecule has 2 rings (SSSR count). The van der Waals surface area contributed by atoms with Crippen molar-refractivity contribution in [3.05, 3.63) is 29.3 Å². The lowest BCUT2D eigenvalue weighted by atomic mass is 9.96. The van der Waals surface area contributed by atoms with Crippen molar-refractivity contribution in [2.45, 2.75) is 56.4 Å². The number of nitrogens with one attached hydrogen (secondary N) is 2. The quantitative estimate of drug-likeness (QED) is 0.722. The first-order chi connectivity index (χ1) is 12.2. The van der Waals surface area contributed by atoms with Crippen LogP contribution in [0.25, 0.3) is 0 Å². The molecule has 1 saturated carbocycles. The number of hydrogen-bond acceptors (Lipinski definition) is 4. The maximum atomic E-state index is 12.4. The van der Waals surface area contributed by atoms with Crippen LogP contribution in [0.3, 0.4) is 0 Å². The number of benzene rings is 1. The Labute approximate surface area is 157 Å². The van der Waals surface area contributed by atoms with Gasteiger partial charge in [0.1, 0.15) is 0 Å². The fourth-order valence-corrected chi connectivity index (χ4v) is 4.90. The molecule has 0 unspecified atom stereocenters. The van der Waals surface area contributed by atoms with E-state index in [9.17, 15) is 13.2 Å². The highest BCUT2D eigenvalue weighted by atomic mass is 32.2. The summed E-state index contributed by atoms with van der Waals surface area (Å²) < 4.78 is 27.3. The summed E-state index contributed by atoms with van der Waals surface area (Å²) in [6.45, 7) is 4.40. The predicted octanol–water partition coefficient (Wildman–Crippen LogP) is 1.96.